The van der Waals surface area contributed by atoms with Crippen LogP contribution in [0.1, 0.15) is 39.5 Å². The highest BCUT2D eigenvalue weighted by molar-refractivity contribution is 5.85. The van der Waals surface area contributed by atoms with Gasteiger partial charge in [0.15, 0.2) is 0 Å². The molecule has 0 aromatic rings. The molecule has 0 N–H and O–H groups in total. The standard InChI is InChI=1S/C8H16.ClH/c1-4-6-7-8(3)5-2;/h3-7H2,1-2H3;1H. The lowest BCUT2D eigenvalue weighted by atomic mass is 10.1. The van der Waals surface area contributed by atoms with E-state index in [1.165, 1.54) is 24.8 Å². The van der Waals surface area contributed by atoms with Crippen molar-refractivity contribution >= 4 is 12.4 Å². The Morgan fingerprint density at radius 3 is 2.22 bits per heavy atom. The van der Waals surface area contributed by atoms with Gasteiger partial charge in [0, 0.05) is 0 Å². The number of hydrogen-bond donors (Lipinski definition) is 0. The summed E-state index contributed by atoms with van der Waals surface area (Å²) in [5.74, 6) is 0. The summed E-state index contributed by atoms with van der Waals surface area (Å²) in [6, 6.07) is 0. The van der Waals surface area contributed by atoms with Crippen molar-refractivity contribution in [2.75, 3.05) is 0 Å². The summed E-state index contributed by atoms with van der Waals surface area (Å²) in [5, 5.41) is 0. The molecule has 9 heavy (non-hydrogen) atoms. The van der Waals surface area contributed by atoms with E-state index in [2.05, 4.69) is 20.4 Å². The van der Waals surface area contributed by atoms with Gasteiger partial charge in [-0.3, -0.25) is 0 Å². The van der Waals surface area contributed by atoms with Crippen LogP contribution in [0.3, 0.4) is 0 Å². The van der Waals surface area contributed by atoms with Crippen molar-refractivity contribution in [3.63, 3.8) is 0 Å². The summed E-state index contributed by atoms with van der Waals surface area (Å²) in [5.41, 5.74) is 1.40. The number of unbranched alkanes of at least 4 members (excludes halogenated alkanes) is 1. The third-order valence-corrected chi connectivity index (χ3v) is 1.38. The first-order chi connectivity index (χ1) is 3.81. The maximum absolute atomic E-state index is 3.91. The van der Waals surface area contributed by atoms with Crippen LogP contribution in [0.4, 0.5) is 0 Å². The molecule has 0 aliphatic heterocycles. The van der Waals surface area contributed by atoms with Gasteiger partial charge in [-0.15, -0.1) is 12.4 Å². The molecule has 0 aliphatic carbocycles. The van der Waals surface area contributed by atoms with Gasteiger partial charge in [-0.2, -0.15) is 0 Å². The van der Waals surface area contributed by atoms with Crippen molar-refractivity contribution in [2.45, 2.75) is 39.5 Å². The lowest BCUT2D eigenvalue weighted by Crippen LogP contribution is -1.76. The van der Waals surface area contributed by atoms with E-state index in [9.17, 15) is 0 Å². The topological polar surface area (TPSA) is 0 Å². The summed E-state index contributed by atoms with van der Waals surface area (Å²) in [4.78, 5) is 0. The summed E-state index contributed by atoms with van der Waals surface area (Å²) in [7, 11) is 0. The van der Waals surface area contributed by atoms with Crippen molar-refractivity contribution in [1.82, 2.24) is 0 Å². The van der Waals surface area contributed by atoms with Crippen LogP contribution in [0, 0.1) is 0 Å². The second-order valence-corrected chi connectivity index (χ2v) is 2.21. The van der Waals surface area contributed by atoms with E-state index in [4.69, 9.17) is 0 Å². The minimum absolute atomic E-state index is 0. The van der Waals surface area contributed by atoms with Gasteiger partial charge in [0.2, 0.25) is 0 Å². The molecule has 56 valence electrons. The Morgan fingerprint density at radius 1 is 1.33 bits per heavy atom. The molecule has 0 radical (unpaired) electrons. The van der Waals surface area contributed by atoms with Crippen LogP contribution in [0.5, 0.6) is 0 Å². The minimum Gasteiger partial charge on any atom is -0.147 e. The molecule has 1 heteroatoms. The lowest BCUT2D eigenvalue weighted by Gasteiger charge is -1.97. The Labute approximate surface area is 64.8 Å². The largest absolute Gasteiger partial charge is 0.147 e. The first kappa shape index (κ1) is 11.8. The zero-order valence-corrected chi connectivity index (χ0v) is 7.26. The molecule has 0 aliphatic rings. The first-order valence-electron chi connectivity index (χ1n) is 3.47. The van der Waals surface area contributed by atoms with E-state index in [1.54, 1.807) is 0 Å². The number of halogens is 1. The zero-order valence-electron chi connectivity index (χ0n) is 6.44. The summed E-state index contributed by atoms with van der Waals surface area (Å²) in [6.45, 7) is 8.29. The van der Waals surface area contributed by atoms with Crippen LogP contribution in [-0.4, -0.2) is 0 Å². The lowest BCUT2D eigenvalue weighted by molar-refractivity contribution is 0.769. The quantitative estimate of drug-likeness (QED) is 0.535. The molecular formula is C8H17Cl. The van der Waals surface area contributed by atoms with Crippen LogP contribution in [0.25, 0.3) is 0 Å². The van der Waals surface area contributed by atoms with Crippen LogP contribution in [0.15, 0.2) is 12.2 Å². The molecule has 0 unspecified atom stereocenters. The second kappa shape index (κ2) is 8.03. The Balaban J connectivity index is 0. The third-order valence-electron chi connectivity index (χ3n) is 1.38. The number of allylic oxidation sites excluding steroid dienone is 1. The summed E-state index contributed by atoms with van der Waals surface area (Å²) >= 11 is 0. The molecule has 0 bridgehead atoms. The van der Waals surface area contributed by atoms with Crippen molar-refractivity contribution in [3.8, 4) is 0 Å². The molecular weight excluding hydrogens is 132 g/mol. The van der Waals surface area contributed by atoms with Crippen LogP contribution >= 0.6 is 12.4 Å². The van der Waals surface area contributed by atoms with Gasteiger partial charge >= 0.3 is 0 Å². The van der Waals surface area contributed by atoms with Crippen LogP contribution in [-0.2, 0) is 0 Å². The fourth-order valence-corrected chi connectivity index (χ4v) is 0.604. The predicted octanol–water partition coefficient (Wildman–Crippen LogP) is 3.56. The predicted molar refractivity (Wildman–Crippen MR) is 46.2 cm³/mol. The molecule has 0 heterocycles. The zero-order chi connectivity index (χ0) is 6.41. The van der Waals surface area contributed by atoms with Gasteiger partial charge in [0.25, 0.3) is 0 Å². The van der Waals surface area contributed by atoms with Gasteiger partial charge in [-0.1, -0.05) is 32.4 Å². The Kier molecular flexibility index (Phi) is 10.5. The highest BCUT2D eigenvalue weighted by Gasteiger charge is 1.86. The van der Waals surface area contributed by atoms with Gasteiger partial charge in [-0.25, -0.2) is 0 Å². The summed E-state index contributed by atoms with van der Waals surface area (Å²) in [6.07, 6.45) is 4.98. The van der Waals surface area contributed by atoms with E-state index in [0.717, 1.165) is 6.42 Å². The second-order valence-electron chi connectivity index (χ2n) is 2.21. The number of rotatable bonds is 4. The molecule has 0 aromatic carbocycles. The molecule has 0 aromatic heterocycles. The van der Waals surface area contributed by atoms with Crippen molar-refractivity contribution < 1.29 is 0 Å². The molecule has 0 atom stereocenters. The molecule has 0 amide bonds. The normalized spacial score (nSPS) is 8.22. The Bertz CT molecular complexity index is 67.0. The highest BCUT2D eigenvalue weighted by atomic mass is 35.5. The van der Waals surface area contributed by atoms with Crippen LogP contribution in [0.2, 0.25) is 0 Å². The third kappa shape index (κ3) is 8.03. The summed E-state index contributed by atoms with van der Waals surface area (Å²) < 4.78 is 0. The van der Waals surface area contributed by atoms with E-state index in [0.29, 0.717) is 0 Å². The average Bonchev–Trinajstić information content (AvgIpc) is 1.83. The van der Waals surface area contributed by atoms with Crippen molar-refractivity contribution in [2.24, 2.45) is 0 Å². The minimum atomic E-state index is 0. The number of hydrogen-bond acceptors (Lipinski definition) is 0. The fraction of sp³-hybridized carbons (Fsp3) is 0.750. The van der Waals surface area contributed by atoms with Crippen molar-refractivity contribution in [3.05, 3.63) is 12.2 Å². The monoisotopic (exact) mass is 148 g/mol. The van der Waals surface area contributed by atoms with E-state index >= 15 is 0 Å². The van der Waals surface area contributed by atoms with Gasteiger partial charge in [-0.05, 0) is 19.3 Å². The van der Waals surface area contributed by atoms with E-state index in [1.807, 2.05) is 0 Å². The molecule has 0 fully saturated rings. The average molecular weight is 149 g/mol. The van der Waals surface area contributed by atoms with Gasteiger partial charge in [0.05, 0.1) is 0 Å². The van der Waals surface area contributed by atoms with Crippen LogP contribution < -0.4 is 0 Å². The first-order valence-corrected chi connectivity index (χ1v) is 3.47. The van der Waals surface area contributed by atoms with Crippen molar-refractivity contribution in [1.29, 1.82) is 0 Å². The molecule has 0 rings (SSSR count). The fourth-order valence-electron chi connectivity index (χ4n) is 0.604. The smallest absolute Gasteiger partial charge is 0.0323 e. The Morgan fingerprint density at radius 2 is 1.89 bits per heavy atom. The van der Waals surface area contributed by atoms with Gasteiger partial charge in [0.1, 0.15) is 0 Å². The molecule has 0 spiro atoms. The SMILES string of the molecule is C=C(CC)CCCC.Cl. The Hall–Kier alpha value is 0.0300. The highest BCUT2D eigenvalue weighted by Crippen LogP contribution is 2.06. The van der Waals surface area contributed by atoms with E-state index in [-0.39, 0.29) is 12.4 Å². The molecule has 0 saturated carbocycles. The molecule has 0 nitrogen and oxygen atoms in total. The molecule has 0 saturated heterocycles. The maximum Gasteiger partial charge on any atom is -0.0323 e. The maximum atomic E-state index is 3.91. The van der Waals surface area contributed by atoms with Gasteiger partial charge < -0.3 is 0 Å². The van der Waals surface area contributed by atoms with E-state index < -0.39 is 0 Å².